The Morgan fingerprint density at radius 3 is 2.45 bits per heavy atom. The summed E-state index contributed by atoms with van der Waals surface area (Å²) < 4.78 is 0. The molecule has 20 heavy (non-hydrogen) atoms. The van der Waals surface area contributed by atoms with Gasteiger partial charge in [0.2, 0.25) is 0 Å². The van der Waals surface area contributed by atoms with Gasteiger partial charge < -0.3 is 5.32 Å². The Bertz CT molecular complexity index is 443. The monoisotopic (exact) mass is 272 g/mol. The van der Waals surface area contributed by atoms with Crippen LogP contribution in [0.5, 0.6) is 0 Å². The van der Waals surface area contributed by atoms with Crippen LogP contribution in [0.25, 0.3) is 0 Å². The molecule has 2 nitrogen and oxygen atoms in total. The minimum absolute atomic E-state index is 0.770. The van der Waals surface area contributed by atoms with E-state index in [-0.39, 0.29) is 0 Å². The highest BCUT2D eigenvalue weighted by Gasteiger charge is 2.24. The van der Waals surface area contributed by atoms with E-state index in [1.54, 1.807) is 0 Å². The number of hydrogen-bond donors (Lipinski definition) is 1. The third-order valence-corrected chi connectivity index (χ3v) is 4.96. The van der Waals surface area contributed by atoms with Gasteiger partial charge in [-0.1, -0.05) is 18.2 Å². The number of likely N-dealkylation sites (tertiary alicyclic amines) is 1. The normalized spacial score (nSPS) is 21.3. The van der Waals surface area contributed by atoms with Crippen molar-refractivity contribution in [3.05, 3.63) is 34.9 Å². The van der Waals surface area contributed by atoms with Crippen LogP contribution in [-0.2, 0) is 6.54 Å². The van der Waals surface area contributed by atoms with Crippen molar-refractivity contribution in [2.75, 3.05) is 19.6 Å². The van der Waals surface area contributed by atoms with Gasteiger partial charge in [0.05, 0.1) is 0 Å². The molecule has 1 aromatic carbocycles. The van der Waals surface area contributed by atoms with Crippen molar-refractivity contribution in [1.29, 1.82) is 0 Å². The molecule has 1 saturated heterocycles. The third kappa shape index (κ3) is 3.83. The number of nitrogens with one attached hydrogen (secondary N) is 1. The molecule has 0 spiro atoms. The van der Waals surface area contributed by atoms with E-state index in [4.69, 9.17) is 0 Å². The molecule has 1 saturated carbocycles. The minimum atomic E-state index is 0.770. The first-order chi connectivity index (χ1) is 9.70. The highest BCUT2D eigenvalue weighted by atomic mass is 15.1. The summed E-state index contributed by atoms with van der Waals surface area (Å²) in [5, 5.41) is 3.76. The number of hydrogen-bond acceptors (Lipinski definition) is 2. The maximum atomic E-state index is 3.76. The summed E-state index contributed by atoms with van der Waals surface area (Å²) in [6.45, 7) is 9.28. The summed E-state index contributed by atoms with van der Waals surface area (Å²) in [4.78, 5) is 2.61. The highest BCUT2D eigenvalue weighted by molar-refractivity contribution is 5.29. The largest absolute Gasteiger partial charge is 0.314 e. The van der Waals surface area contributed by atoms with E-state index >= 15 is 0 Å². The van der Waals surface area contributed by atoms with Crippen LogP contribution in [0.3, 0.4) is 0 Å². The molecule has 0 bridgehead atoms. The van der Waals surface area contributed by atoms with E-state index in [9.17, 15) is 0 Å². The summed E-state index contributed by atoms with van der Waals surface area (Å²) >= 11 is 0. The Morgan fingerprint density at radius 1 is 1.05 bits per heavy atom. The van der Waals surface area contributed by atoms with Gasteiger partial charge >= 0.3 is 0 Å². The quantitative estimate of drug-likeness (QED) is 0.885. The summed E-state index contributed by atoms with van der Waals surface area (Å²) in [6, 6.07) is 7.67. The molecule has 3 rings (SSSR count). The maximum absolute atomic E-state index is 3.76. The van der Waals surface area contributed by atoms with Gasteiger partial charge in [0.1, 0.15) is 0 Å². The smallest absolute Gasteiger partial charge is 0.0233 e. The molecule has 0 atom stereocenters. The molecule has 0 unspecified atom stereocenters. The van der Waals surface area contributed by atoms with Crippen molar-refractivity contribution < 1.29 is 0 Å². The number of rotatable bonds is 5. The number of benzene rings is 1. The van der Waals surface area contributed by atoms with Crippen LogP contribution in [0.4, 0.5) is 0 Å². The van der Waals surface area contributed by atoms with Gasteiger partial charge in [-0.25, -0.2) is 0 Å². The molecule has 0 amide bonds. The third-order valence-electron chi connectivity index (χ3n) is 4.96. The van der Waals surface area contributed by atoms with E-state index < -0.39 is 0 Å². The SMILES string of the molecule is Cc1ccc(CN2CCC(NCC3CC3)CC2)cc1C. The van der Waals surface area contributed by atoms with Crippen LogP contribution in [0, 0.1) is 19.8 Å². The van der Waals surface area contributed by atoms with E-state index in [0.29, 0.717) is 0 Å². The van der Waals surface area contributed by atoms with E-state index in [1.807, 2.05) is 0 Å². The van der Waals surface area contributed by atoms with Gasteiger partial charge in [0.15, 0.2) is 0 Å². The summed E-state index contributed by atoms with van der Waals surface area (Å²) in [7, 11) is 0. The van der Waals surface area contributed by atoms with Gasteiger partial charge in [-0.2, -0.15) is 0 Å². The predicted molar refractivity (Wildman–Crippen MR) is 84.9 cm³/mol. The second kappa shape index (κ2) is 6.28. The lowest BCUT2D eigenvalue weighted by Gasteiger charge is -2.32. The van der Waals surface area contributed by atoms with Crippen LogP contribution in [0.2, 0.25) is 0 Å². The van der Waals surface area contributed by atoms with E-state index in [1.165, 1.54) is 62.0 Å². The lowest BCUT2D eigenvalue weighted by Crippen LogP contribution is -2.42. The van der Waals surface area contributed by atoms with Crippen molar-refractivity contribution in [3.63, 3.8) is 0 Å². The Morgan fingerprint density at radius 2 is 1.80 bits per heavy atom. The topological polar surface area (TPSA) is 15.3 Å². The van der Waals surface area contributed by atoms with E-state index in [2.05, 4.69) is 42.3 Å². The van der Waals surface area contributed by atoms with Gasteiger partial charge in [-0.15, -0.1) is 0 Å². The second-order valence-electron chi connectivity index (χ2n) is 6.82. The summed E-state index contributed by atoms with van der Waals surface area (Å²) in [5.41, 5.74) is 4.29. The molecule has 1 heterocycles. The first-order valence-electron chi connectivity index (χ1n) is 8.22. The first kappa shape index (κ1) is 14.1. The Kier molecular flexibility index (Phi) is 4.42. The molecule has 0 radical (unpaired) electrons. The van der Waals surface area contributed by atoms with Gasteiger partial charge in [0, 0.05) is 12.6 Å². The van der Waals surface area contributed by atoms with Crippen LogP contribution in [-0.4, -0.2) is 30.6 Å². The molecule has 1 aliphatic carbocycles. The molecular weight excluding hydrogens is 244 g/mol. The minimum Gasteiger partial charge on any atom is -0.314 e. The van der Waals surface area contributed by atoms with Crippen LogP contribution < -0.4 is 5.32 Å². The van der Waals surface area contributed by atoms with Crippen molar-refractivity contribution >= 4 is 0 Å². The zero-order chi connectivity index (χ0) is 13.9. The Labute approximate surface area is 123 Å². The zero-order valence-corrected chi connectivity index (χ0v) is 13.0. The first-order valence-corrected chi connectivity index (χ1v) is 8.22. The fourth-order valence-electron chi connectivity index (χ4n) is 3.11. The van der Waals surface area contributed by atoms with Gasteiger partial charge in [-0.3, -0.25) is 4.90 Å². The molecule has 1 N–H and O–H groups in total. The standard InChI is InChI=1S/C18H28N2/c1-14-3-4-17(11-15(14)2)13-20-9-7-18(8-10-20)19-12-16-5-6-16/h3-4,11,16,18-19H,5-10,12-13H2,1-2H3. The summed E-state index contributed by atoms with van der Waals surface area (Å²) in [5.74, 6) is 1.00. The van der Waals surface area contributed by atoms with E-state index in [0.717, 1.165) is 18.5 Å². The molecule has 0 aromatic heterocycles. The van der Waals surface area contributed by atoms with Crippen LogP contribution >= 0.6 is 0 Å². The Hall–Kier alpha value is -0.860. The predicted octanol–water partition coefficient (Wildman–Crippen LogP) is 3.27. The van der Waals surface area contributed by atoms with Crippen molar-refractivity contribution in [1.82, 2.24) is 10.2 Å². The lowest BCUT2D eigenvalue weighted by atomic mass is 10.0. The van der Waals surface area contributed by atoms with Gasteiger partial charge in [-0.05, 0) is 81.8 Å². The molecule has 110 valence electrons. The zero-order valence-electron chi connectivity index (χ0n) is 13.0. The number of nitrogens with zero attached hydrogens (tertiary/aromatic N) is 1. The molecule has 2 fully saturated rings. The number of piperidine rings is 1. The molecule has 2 heteroatoms. The molecular formula is C18H28N2. The van der Waals surface area contributed by atoms with Crippen molar-refractivity contribution in [2.24, 2.45) is 5.92 Å². The Balaban J connectivity index is 1.44. The second-order valence-corrected chi connectivity index (χ2v) is 6.82. The van der Waals surface area contributed by atoms with Gasteiger partial charge in [0.25, 0.3) is 0 Å². The molecule has 2 aliphatic rings. The average Bonchev–Trinajstić information content (AvgIpc) is 3.26. The van der Waals surface area contributed by atoms with Crippen molar-refractivity contribution in [2.45, 2.75) is 52.1 Å². The van der Waals surface area contributed by atoms with Crippen molar-refractivity contribution in [3.8, 4) is 0 Å². The fraction of sp³-hybridized carbons (Fsp3) is 0.667. The molecule has 1 aromatic rings. The van der Waals surface area contributed by atoms with Crippen LogP contribution in [0.1, 0.15) is 42.4 Å². The maximum Gasteiger partial charge on any atom is 0.0233 e. The summed E-state index contributed by atoms with van der Waals surface area (Å²) in [6.07, 6.45) is 5.55. The molecule has 1 aliphatic heterocycles. The average molecular weight is 272 g/mol. The fourth-order valence-corrected chi connectivity index (χ4v) is 3.11. The highest BCUT2D eigenvalue weighted by Crippen LogP contribution is 2.28. The van der Waals surface area contributed by atoms with Crippen LogP contribution in [0.15, 0.2) is 18.2 Å². The number of aryl methyl sites for hydroxylation is 2. The lowest BCUT2D eigenvalue weighted by molar-refractivity contribution is 0.190.